The van der Waals surface area contributed by atoms with Crippen molar-refractivity contribution in [2.24, 2.45) is 0 Å². The maximum absolute atomic E-state index is 11.8. The van der Waals surface area contributed by atoms with E-state index in [0.29, 0.717) is 6.42 Å². The third-order valence-electron chi connectivity index (χ3n) is 2.41. The molecule has 1 aliphatic rings. The molecule has 1 unspecified atom stereocenters. The molecule has 18 heavy (non-hydrogen) atoms. The van der Waals surface area contributed by atoms with Crippen LogP contribution in [0.5, 0.6) is 0 Å². The van der Waals surface area contributed by atoms with E-state index in [-0.39, 0.29) is 18.1 Å². The van der Waals surface area contributed by atoms with Gasteiger partial charge in [0.2, 0.25) is 17.7 Å². The standard InChI is InChI=1S/C10H14N2O5S/c1-2-6-10(17)11-7(13)3-12(6)8(14)4-18-5-9(15)16/h6H,2-5H2,1H3,(H,15,16)(H,11,13,17). The van der Waals surface area contributed by atoms with Gasteiger partial charge in [-0.15, -0.1) is 11.8 Å². The highest BCUT2D eigenvalue weighted by Gasteiger charge is 2.35. The van der Waals surface area contributed by atoms with Crippen LogP contribution in [0.4, 0.5) is 0 Å². The summed E-state index contributed by atoms with van der Waals surface area (Å²) < 4.78 is 0. The van der Waals surface area contributed by atoms with Crippen LogP contribution in [-0.2, 0) is 19.2 Å². The van der Waals surface area contributed by atoms with Crippen molar-refractivity contribution in [1.29, 1.82) is 0 Å². The molecule has 1 aliphatic heterocycles. The Bertz CT molecular complexity index is 384. The van der Waals surface area contributed by atoms with Crippen LogP contribution in [0.3, 0.4) is 0 Å². The first-order valence-electron chi connectivity index (χ1n) is 5.38. The normalized spacial score (nSPS) is 19.6. The third kappa shape index (κ3) is 3.73. The van der Waals surface area contributed by atoms with Crippen molar-refractivity contribution in [2.45, 2.75) is 19.4 Å². The van der Waals surface area contributed by atoms with E-state index in [9.17, 15) is 19.2 Å². The molecule has 0 radical (unpaired) electrons. The van der Waals surface area contributed by atoms with E-state index in [2.05, 4.69) is 5.32 Å². The fourth-order valence-corrected chi connectivity index (χ4v) is 2.26. The summed E-state index contributed by atoms with van der Waals surface area (Å²) in [6.45, 7) is 1.58. The summed E-state index contributed by atoms with van der Waals surface area (Å²) in [6, 6.07) is -0.652. The summed E-state index contributed by atoms with van der Waals surface area (Å²) in [4.78, 5) is 46.1. The maximum atomic E-state index is 11.8. The molecule has 0 aromatic carbocycles. The molecule has 1 saturated heterocycles. The number of amides is 3. The van der Waals surface area contributed by atoms with Crippen LogP contribution < -0.4 is 5.32 Å². The number of carbonyl (C=O) groups excluding carboxylic acids is 3. The molecule has 1 atom stereocenters. The largest absolute Gasteiger partial charge is 0.481 e. The van der Waals surface area contributed by atoms with Gasteiger partial charge in [-0.1, -0.05) is 6.92 Å². The van der Waals surface area contributed by atoms with Gasteiger partial charge in [0.05, 0.1) is 11.5 Å². The highest BCUT2D eigenvalue weighted by atomic mass is 32.2. The number of aliphatic carboxylic acids is 1. The van der Waals surface area contributed by atoms with Crippen LogP contribution in [0.2, 0.25) is 0 Å². The zero-order valence-electron chi connectivity index (χ0n) is 9.84. The summed E-state index contributed by atoms with van der Waals surface area (Å²) in [5.41, 5.74) is 0. The van der Waals surface area contributed by atoms with Crippen molar-refractivity contribution in [2.75, 3.05) is 18.1 Å². The predicted octanol–water partition coefficient (Wildman–Crippen LogP) is -0.932. The zero-order valence-corrected chi connectivity index (χ0v) is 10.7. The van der Waals surface area contributed by atoms with Gasteiger partial charge in [-0.3, -0.25) is 24.5 Å². The van der Waals surface area contributed by atoms with Crippen molar-refractivity contribution < 1.29 is 24.3 Å². The van der Waals surface area contributed by atoms with E-state index in [1.807, 2.05) is 0 Å². The molecule has 8 heteroatoms. The summed E-state index contributed by atoms with van der Waals surface area (Å²) in [7, 11) is 0. The molecule has 100 valence electrons. The minimum absolute atomic E-state index is 0.0522. The Kier molecular flexibility index (Phi) is 5.14. The fourth-order valence-electron chi connectivity index (χ4n) is 1.64. The van der Waals surface area contributed by atoms with Gasteiger partial charge in [0.15, 0.2) is 0 Å². The second kappa shape index (κ2) is 6.39. The Balaban J connectivity index is 2.60. The van der Waals surface area contributed by atoms with E-state index in [1.165, 1.54) is 4.90 Å². The Morgan fingerprint density at radius 1 is 1.44 bits per heavy atom. The number of thioether (sulfide) groups is 1. The number of piperazine rings is 1. The monoisotopic (exact) mass is 274 g/mol. The lowest BCUT2D eigenvalue weighted by molar-refractivity contribution is -0.148. The zero-order chi connectivity index (χ0) is 13.7. The second-order valence-electron chi connectivity index (χ2n) is 3.74. The summed E-state index contributed by atoms with van der Waals surface area (Å²) >= 11 is 0.944. The molecule has 1 fully saturated rings. The van der Waals surface area contributed by atoms with E-state index >= 15 is 0 Å². The Labute approximate surface area is 108 Å². The molecule has 1 heterocycles. The average Bonchev–Trinajstić information content (AvgIpc) is 2.27. The maximum Gasteiger partial charge on any atom is 0.313 e. The van der Waals surface area contributed by atoms with Crippen LogP contribution in [-0.4, -0.2) is 57.8 Å². The molecule has 0 saturated carbocycles. The molecule has 2 N–H and O–H groups in total. The Morgan fingerprint density at radius 2 is 2.11 bits per heavy atom. The molecular formula is C10H14N2O5S. The Hall–Kier alpha value is -1.57. The first-order valence-corrected chi connectivity index (χ1v) is 6.53. The number of carbonyl (C=O) groups is 4. The average molecular weight is 274 g/mol. The van der Waals surface area contributed by atoms with Crippen LogP contribution in [0.25, 0.3) is 0 Å². The topological polar surface area (TPSA) is 104 Å². The van der Waals surface area contributed by atoms with Gasteiger partial charge in [-0.25, -0.2) is 0 Å². The third-order valence-corrected chi connectivity index (χ3v) is 3.32. The number of hydrogen-bond acceptors (Lipinski definition) is 5. The van der Waals surface area contributed by atoms with Gasteiger partial charge in [0.25, 0.3) is 0 Å². The molecule has 0 aromatic heterocycles. The number of hydrogen-bond donors (Lipinski definition) is 2. The van der Waals surface area contributed by atoms with E-state index in [1.54, 1.807) is 6.92 Å². The van der Waals surface area contributed by atoms with E-state index < -0.39 is 29.7 Å². The molecule has 0 aromatic rings. The molecule has 1 rings (SSSR count). The van der Waals surface area contributed by atoms with Crippen molar-refractivity contribution in [3.63, 3.8) is 0 Å². The van der Waals surface area contributed by atoms with Crippen LogP contribution in [0, 0.1) is 0 Å². The van der Waals surface area contributed by atoms with Gasteiger partial charge >= 0.3 is 5.97 Å². The van der Waals surface area contributed by atoms with Crippen molar-refractivity contribution in [3.05, 3.63) is 0 Å². The molecule has 0 aliphatic carbocycles. The first kappa shape index (κ1) is 14.5. The minimum atomic E-state index is -1.01. The van der Waals surface area contributed by atoms with E-state index in [4.69, 9.17) is 5.11 Å². The van der Waals surface area contributed by atoms with Crippen LogP contribution in [0.15, 0.2) is 0 Å². The molecule has 0 bridgehead atoms. The lowest BCUT2D eigenvalue weighted by atomic mass is 10.1. The lowest BCUT2D eigenvalue weighted by Crippen LogP contribution is -2.59. The molecule has 3 amide bonds. The van der Waals surface area contributed by atoms with Gasteiger partial charge in [0.1, 0.15) is 12.6 Å². The number of carboxylic acids is 1. The van der Waals surface area contributed by atoms with Gasteiger partial charge < -0.3 is 10.0 Å². The SMILES string of the molecule is CCC1C(=O)NC(=O)CN1C(=O)CSCC(=O)O. The summed E-state index contributed by atoms with van der Waals surface area (Å²) in [5.74, 6) is -2.63. The van der Waals surface area contributed by atoms with Crippen LogP contribution >= 0.6 is 11.8 Å². The van der Waals surface area contributed by atoms with Crippen molar-refractivity contribution in [3.8, 4) is 0 Å². The van der Waals surface area contributed by atoms with Gasteiger partial charge in [-0.05, 0) is 6.42 Å². The number of imide groups is 1. The predicted molar refractivity (Wildman–Crippen MR) is 63.9 cm³/mol. The number of rotatable bonds is 5. The molecule has 7 nitrogen and oxygen atoms in total. The summed E-state index contributed by atoms with van der Waals surface area (Å²) in [5, 5.41) is 10.6. The van der Waals surface area contributed by atoms with Crippen LogP contribution in [0.1, 0.15) is 13.3 Å². The highest BCUT2D eigenvalue weighted by Crippen LogP contribution is 2.12. The second-order valence-corrected chi connectivity index (χ2v) is 4.73. The minimum Gasteiger partial charge on any atom is -0.481 e. The number of carboxylic acid groups (broad SMARTS) is 1. The lowest BCUT2D eigenvalue weighted by Gasteiger charge is -2.33. The number of nitrogens with zero attached hydrogens (tertiary/aromatic N) is 1. The smallest absolute Gasteiger partial charge is 0.313 e. The highest BCUT2D eigenvalue weighted by molar-refractivity contribution is 8.00. The van der Waals surface area contributed by atoms with Crippen molar-refractivity contribution in [1.82, 2.24) is 10.2 Å². The quantitative estimate of drug-likeness (QED) is 0.628. The van der Waals surface area contributed by atoms with Crippen molar-refractivity contribution >= 4 is 35.5 Å². The van der Waals surface area contributed by atoms with E-state index in [0.717, 1.165) is 11.8 Å². The number of nitrogens with one attached hydrogen (secondary N) is 1. The van der Waals surface area contributed by atoms with Gasteiger partial charge in [-0.2, -0.15) is 0 Å². The summed E-state index contributed by atoms with van der Waals surface area (Å²) in [6.07, 6.45) is 0.411. The van der Waals surface area contributed by atoms with Gasteiger partial charge in [0, 0.05) is 0 Å². The first-order chi connectivity index (χ1) is 8.45. The molecule has 0 spiro atoms. The Morgan fingerprint density at radius 3 is 2.67 bits per heavy atom. The molecular weight excluding hydrogens is 260 g/mol. The fraction of sp³-hybridized carbons (Fsp3) is 0.600.